The summed E-state index contributed by atoms with van der Waals surface area (Å²) in [5.41, 5.74) is 0.851. The summed E-state index contributed by atoms with van der Waals surface area (Å²) in [6, 6.07) is 13.1. The molecule has 34 heavy (non-hydrogen) atoms. The van der Waals surface area contributed by atoms with E-state index in [1.807, 2.05) is 18.2 Å². The highest BCUT2D eigenvalue weighted by atomic mass is 19.1. The van der Waals surface area contributed by atoms with Crippen LogP contribution >= 0.6 is 0 Å². The molecular weight excluding hydrogens is 442 g/mol. The van der Waals surface area contributed by atoms with Crippen molar-refractivity contribution in [2.75, 3.05) is 44.7 Å². The first-order valence-corrected chi connectivity index (χ1v) is 11.1. The molecule has 5 rings (SSSR count). The van der Waals surface area contributed by atoms with Gasteiger partial charge in [-0.3, -0.25) is 4.90 Å². The quantitative estimate of drug-likeness (QED) is 0.424. The molecule has 0 unspecified atom stereocenters. The van der Waals surface area contributed by atoms with Crippen LogP contribution in [0, 0.1) is 11.6 Å². The zero-order chi connectivity index (χ0) is 23.3. The summed E-state index contributed by atoms with van der Waals surface area (Å²) >= 11 is 0. The van der Waals surface area contributed by atoms with Crippen molar-refractivity contribution < 1.29 is 18.3 Å². The second-order valence-corrected chi connectivity index (χ2v) is 7.90. The minimum atomic E-state index is -0.625. The Kier molecular flexibility index (Phi) is 6.59. The normalized spacial score (nSPS) is 14.4. The van der Waals surface area contributed by atoms with Crippen LogP contribution in [-0.2, 0) is 11.3 Å². The van der Waals surface area contributed by atoms with Crippen molar-refractivity contribution in [1.82, 2.24) is 24.4 Å². The maximum atomic E-state index is 14.3. The molecule has 0 radical (unpaired) electrons. The number of anilines is 1. The molecule has 0 spiro atoms. The van der Waals surface area contributed by atoms with E-state index in [9.17, 15) is 8.78 Å². The Morgan fingerprint density at radius 3 is 2.50 bits per heavy atom. The first-order valence-electron chi connectivity index (χ1n) is 11.1. The van der Waals surface area contributed by atoms with Gasteiger partial charge in [0.15, 0.2) is 17.0 Å². The van der Waals surface area contributed by atoms with E-state index >= 15 is 0 Å². The Morgan fingerprint density at radius 1 is 0.971 bits per heavy atom. The average molecular weight is 466 g/mol. The molecule has 1 fully saturated rings. The molecule has 2 aromatic carbocycles. The molecule has 0 amide bonds. The van der Waals surface area contributed by atoms with Gasteiger partial charge in [-0.05, 0) is 24.3 Å². The minimum Gasteiger partial charge on any atom is -0.424 e. The number of hydrogen-bond donors (Lipinski definition) is 1. The molecular formula is C24H24F2N6O2. The summed E-state index contributed by atoms with van der Waals surface area (Å²) in [6.45, 7) is 4.59. The molecule has 1 aliphatic heterocycles. The number of benzene rings is 2. The van der Waals surface area contributed by atoms with Crippen molar-refractivity contribution in [3.8, 4) is 11.8 Å². The van der Waals surface area contributed by atoms with Gasteiger partial charge in [-0.2, -0.15) is 9.97 Å². The van der Waals surface area contributed by atoms with Gasteiger partial charge in [-0.25, -0.2) is 13.8 Å². The lowest BCUT2D eigenvalue weighted by Gasteiger charge is -2.26. The molecule has 0 bridgehead atoms. The third-order valence-corrected chi connectivity index (χ3v) is 5.61. The van der Waals surface area contributed by atoms with Gasteiger partial charge in [-0.15, -0.1) is 0 Å². The summed E-state index contributed by atoms with van der Waals surface area (Å²) < 4.78 is 41.4. The number of para-hydroxylation sites is 1. The molecule has 0 aliphatic carbocycles. The lowest BCUT2D eigenvalue weighted by Crippen LogP contribution is -2.39. The third kappa shape index (κ3) is 4.97. The average Bonchev–Trinajstić information content (AvgIpc) is 3.26. The predicted octanol–water partition coefficient (Wildman–Crippen LogP) is 3.69. The Labute approximate surface area is 195 Å². The van der Waals surface area contributed by atoms with E-state index in [1.54, 1.807) is 16.7 Å². The number of morpholine rings is 1. The molecule has 1 N–H and O–H groups in total. The summed E-state index contributed by atoms with van der Waals surface area (Å²) in [6.07, 6.45) is 1.50. The molecule has 1 saturated heterocycles. The Balaban J connectivity index is 1.45. The topological polar surface area (TPSA) is 77.3 Å². The Morgan fingerprint density at radius 2 is 1.74 bits per heavy atom. The van der Waals surface area contributed by atoms with Crippen LogP contribution in [-0.4, -0.2) is 63.8 Å². The van der Waals surface area contributed by atoms with Crippen molar-refractivity contribution in [2.24, 2.45) is 0 Å². The third-order valence-electron chi connectivity index (χ3n) is 5.61. The van der Waals surface area contributed by atoms with Gasteiger partial charge < -0.3 is 19.4 Å². The van der Waals surface area contributed by atoms with Crippen LogP contribution in [0.1, 0.15) is 5.56 Å². The number of ether oxygens (including phenoxy) is 2. The summed E-state index contributed by atoms with van der Waals surface area (Å²) in [4.78, 5) is 15.8. The lowest BCUT2D eigenvalue weighted by atomic mass is 10.2. The van der Waals surface area contributed by atoms with E-state index in [-0.39, 0.29) is 18.1 Å². The fourth-order valence-corrected chi connectivity index (χ4v) is 3.81. The maximum absolute atomic E-state index is 14.3. The van der Waals surface area contributed by atoms with Crippen molar-refractivity contribution in [2.45, 2.75) is 6.54 Å². The maximum Gasteiger partial charge on any atom is 0.326 e. The van der Waals surface area contributed by atoms with Crippen LogP contribution in [0.4, 0.5) is 14.6 Å². The number of aromatic nitrogens is 4. The largest absolute Gasteiger partial charge is 0.424 e. The zero-order valence-electron chi connectivity index (χ0n) is 18.5. The minimum absolute atomic E-state index is 0.0623. The number of hydrogen-bond acceptors (Lipinski definition) is 7. The first-order chi connectivity index (χ1) is 16.7. The fourth-order valence-electron chi connectivity index (χ4n) is 3.81. The number of halogens is 2. The van der Waals surface area contributed by atoms with Gasteiger partial charge in [0.1, 0.15) is 17.4 Å². The number of imidazole rings is 1. The molecule has 8 nitrogen and oxygen atoms in total. The van der Waals surface area contributed by atoms with Crippen LogP contribution in [0.5, 0.6) is 11.8 Å². The van der Waals surface area contributed by atoms with Crippen LogP contribution in [0.3, 0.4) is 0 Å². The van der Waals surface area contributed by atoms with Crippen LogP contribution in [0.25, 0.3) is 11.2 Å². The molecule has 0 atom stereocenters. The number of fused-ring (bicyclic) bond motifs is 1. The molecule has 3 heterocycles. The molecule has 0 saturated carbocycles. The lowest BCUT2D eigenvalue weighted by molar-refractivity contribution is 0.0398. The molecule has 10 heteroatoms. The van der Waals surface area contributed by atoms with Crippen LogP contribution in [0.15, 0.2) is 54.9 Å². The van der Waals surface area contributed by atoms with Crippen LogP contribution < -0.4 is 10.1 Å². The van der Waals surface area contributed by atoms with Gasteiger partial charge in [0.05, 0.1) is 26.1 Å². The predicted molar refractivity (Wildman–Crippen MR) is 123 cm³/mol. The van der Waals surface area contributed by atoms with Crippen molar-refractivity contribution in [3.05, 3.63) is 72.1 Å². The van der Waals surface area contributed by atoms with Crippen molar-refractivity contribution in [3.63, 3.8) is 0 Å². The van der Waals surface area contributed by atoms with E-state index in [0.29, 0.717) is 29.3 Å². The Bertz CT molecular complexity index is 1240. The van der Waals surface area contributed by atoms with Gasteiger partial charge in [-0.1, -0.05) is 24.3 Å². The number of nitrogens with zero attached hydrogens (tertiary/aromatic N) is 5. The first kappa shape index (κ1) is 22.2. The number of rotatable bonds is 8. The smallest absolute Gasteiger partial charge is 0.326 e. The highest BCUT2D eigenvalue weighted by molar-refractivity contribution is 5.83. The summed E-state index contributed by atoms with van der Waals surface area (Å²) in [5, 5.41) is 3.32. The number of nitrogens with one attached hydrogen (secondary N) is 1. The van der Waals surface area contributed by atoms with Crippen molar-refractivity contribution in [1.29, 1.82) is 0 Å². The Hall–Kier alpha value is -3.63. The van der Waals surface area contributed by atoms with Gasteiger partial charge in [0, 0.05) is 31.7 Å². The summed E-state index contributed by atoms with van der Waals surface area (Å²) in [7, 11) is 0. The van der Waals surface area contributed by atoms with E-state index in [2.05, 4.69) is 25.2 Å². The summed E-state index contributed by atoms with van der Waals surface area (Å²) in [5.74, 6) is -0.176. The van der Waals surface area contributed by atoms with Crippen molar-refractivity contribution >= 4 is 17.0 Å². The molecule has 2 aromatic heterocycles. The second kappa shape index (κ2) is 10.1. The van der Waals surface area contributed by atoms with Gasteiger partial charge in [0.25, 0.3) is 0 Å². The standard InChI is InChI=1S/C24H24F2N6O2/c25-19-7-4-8-20(26)18(19)15-32-16-28-21-22(27-9-10-31-11-13-33-14-12-31)29-24(30-23(21)32)34-17-5-2-1-3-6-17/h1-8,16H,9-15H2,(H,27,29,30). The van der Waals surface area contributed by atoms with E-state index in [1.165, 1.54) is 24.5 Å². The second-order valence-electron chi connectivity index (χ2n) is 7.90. The van der Waals surface area contributed by atoms with E-state index in [4.69, 9.17) is 9.47 Å². The zero-order valence-corrected chi connectivity index (χ0v) is 18.5. The van der Waals surface area contributed by atoms with Gasteiger partial charge in [0.2, 0.25) is 0 Å². The SMILES string of the molecule is Fc1cccc(F)c1Cn1cnc2c(NCCN3CCOCC3)nc(Oc3ccccc3)nc21. The van der Waals surface area contributed by atoms with E-state index in [0.717, 1.165) is 32.8 Å². The highest BCUT2D eigenvalue weighted by Crippen LogP contribution is 2.26. The monoisotopic (exact) mass is 466 g/mol. The van der Waals surface area contributed by atoms with Crippen LogP contribution in [0.2, 0.25) is 0 Å². The fraction of sp³-hybridized carbons (Fsp3) is 0.292. The van der Waals surface area contributed by atoms with Gasteiger partial charge >= 0.3 is 6.01 Å². The van der Waals surface area contributed by atoms with E-state index < -0.39 is 11.6 Å². The highest BCUT2D eigenvalue weighted by Gasteiger charge is 2.18. The molecule has 176 valence electrons. The molecule has 4 aromatic rings. The molecule has 1 aliphatic rings.